The Kier molecular flexibility index (Phi) is 3.56. The zero-order valence-electron chi connectivity index (χ0n) is 12.6. The number of rotatable bonds is 2. The molecule has 20 heavy (non-hydrogen) atoms. The van der Waals surface area contributed by atoms with Crippen molar-refractivity contribution in [2.45, 2.75) is 45.8 Å². The first-order valence-corrected chi connectivity index (χ1v) is 6.65. The predicted molar refractivity (Wildman–Crippen MR) is 80.9 cm³/mol. The van der Waals surface area contributed by atoms with E-state index in [1.165, 1.54) is 6.92 Å². The van der Waals surface area contributed by atoms with Gasteiger partial charge in [0.1, 0.15) is 0 Å². The third kappa shape index (κ3) is 2.67. The molecule has 0 unspecified atom stereocenters. The predicted octanol–water partition coefficient (Wildman–Crippen LogP) is 1.53. The average Bonchev–Trinajstić information content (AvgIpc) is 2.46. The van der Waals surface area contributed by atoms with E-state index in [1.54, 1.807) is 12.1 Å². The Morgan fingerprint density at radius 3 is 2.20 bits per heavy atom. The number of carbonyl (C=O) groups excluding carboxylic acids is 1. The Balaban J connectivity index is 2.25. The number of benzene rings is 1. The molecule has 1 aromatic rings. The average molecular weight is 276 g/mol. The molecular weight excluding hydrogens is 255 g/mol. The van der Waals surface area contributed by atoms with Crippen molar-refractivity contribution in [1.29, 1.82) is 0 Å². The third-order valence-corrected chi connectivity index (χ3v) is 3.91. The molecule has 0 saturated carbocycles. The molecule has 6 heteroatoms. The number of carbonyl (C=O) groups is 1. The minimum atomic E-state index is -0.494. The maximum Gasteiger partial charge on any atom is 0.496 e. The largest absolute Gasteiger partial charge is 0.496 e. The number of anilines is 2. The summed E-state index contributed by atoms with van der Waals surface area (Å²) in [6, 6.07) is 5.32. The fourth-order valence-electron chi connectivity index (χ4n) is 2.04. The van der Waals surface area contributed by atoms with E-state index in [-0.39, 0.29) is 5.91 Å². The summed E-state index contributed by atoms with van der Waals surface area (Å²) in [5, 5.41) is 2.70. The van der Waals surface area contributed by atoms with E-state index in [0.29, 0.717) is 11.4 Å². The van der Waals surface area contributed by atoms with Crippen LogP contribution in [-0.4, -0.2) is 24.2 Å². The molecule has 5 nitrogen and oxygen atoms in total. The highest BCUT2D eigenvalue weighted by Crippen LogP contribution is 2.36. The van der Waals surface area contributed by atoms with E-state index in [4.69, 9.17) is 15.0 Å². The summed E-state index contributed by atoms with van der Waals surface area (Å²) in [6.45, 7) is 9.44. The number of nitrogen functional groups attached to an aromatic ring is 1. The number of hydrogen-bond acceptors (Lipinski definition) is 4. The lowest BCUT2D eigenvalue weighted by atomic mass is 9.78. The SMILES string of the molecule is CC(=O)Nc1ccc(B2OC(C)(C)C(C)(C)O2)c(N)c1. The van der Waals surface area contributed by atoms with Crippen LogP contribution in [0.2, 0.25) is 0 Å². The standard InChI is InChI=1S/C14H21BN2O3/c1-9(18)17-10-6-7-11(12(16)8-10)15-19-13(2,3)14(4,5)20-15/h6-8H,16H2,1-5H3,(H,17,18). The zero-order chi connectivity index (χ0) is 15.1. The smallest absolute Gasteiger partial charge is 0.399 e. The minimum absolute atomic E-state index is 0.132. The Bertz CT molecular complexity index is 527. The Hall–Kier alpha value is -1.53. The van der Waals surface area contributed by atoms with Crippen LogP contribution >= 0.6 is 0 Å². The summed E-state index contributed by atoms with van der Waals surface area (Å²) < 4.78 is 11.9. The maximum atomic E-state index is 11.0. The fourth-order valence-corrected chi connectivity index (χ4v) is 2.04. The van der Waals surface area contributed by atoms with Gasteiger partial charge < -0.3 is 20.4 Å². The first-order valence-electron chi connectivity index (χ1n) is 6.65. The first-order chi connectivity index (χ1) is 9.12. The number of hydrogen-bond donors (Lipinski definition) is 2. The quantitative estimate of drug-likeness (QED) is 0.634. The van der Waals surface area contributed by atoms with Crippen molar-refractivity contribution in [2.75, 3.05) is 11.1 Å². The second-order valence-electron chi connectivity index (χ2n) is 6.11. The van der Waals surface area contributed by atoms with Gasteiger partial charge in [0.15, 0.2) is 0 Å². The van der Waals surface area contributed by atoms with Crippen LogP contribution in [0.15, 0.2) is 18.2 Å². The molecule has 0 bridgehead atoms. The van der Waals surface area contributed by atoms with Crippen LogP contribution in [-0.2, 0) is 14.1 Å². The number of nitrogens with two attached hydrogens (primary N) is 1. The molecule has 2 rings (SSSR count). The van der Waals surface area contributed by atoms with Crippen molar-refractivity contribution < 1.29 is 14.1 Å². The molecule has 1 amide bonds. The summed E-state index contributed by atoms with van der Waals surface area (Å²) in [6.07, 6.45) is 0. The summed E-state index contributed by atoms with van der Waals surface area (Å²) in [7, 11) is -0.494. The van der Waals surface area contributed by atoms with Gasteiger partial charge >= 0.3 is 7.12 Å². The molecule has 0 aromatic heterocycles. The van der Waals surface area contributed by atoms with Crippen LogP contribution in [0, 0.1) is 0 Å². The van der Waals surface area contributed by atoms with Crippen LogP contribution in [0.3, 0.4) is 0 Å². The third-order valence-electron chi connectivity index (χ3n) is 3.91. The summed E-state index contributed by atoms with van der Waals surface area (Å²) in [4.78, 5) is 11.0. The molecule has 1 heterocycles. The van der Waals surface area contributed by atoms with Gasteiger partial charge in [-0.2, -0.15) is 0 Å². The topological polar surface area (TPSA) is 73.6 Å². The van der Waals surface area contributed by atoms with E-state index in [9.17, 15) is 4.79 Å². The summed E-state index contributed by atoms with van der Waals surface area (Å²) in [5.74, 6) is -0.132. The van der Waals surface area contributed by atoms with Crippen LogP contribution in [0.25, 0.3) is 0 Å². The molecule has 108 valence electrons. The lowest BCUT2D eigenvalue weighted by Crippen LogP contribution is -2.41. The number of amides is 1. The van der Waals surface area contributed by atoms with E-state index in [2.05, 4.69) is 5.32 Å². The highest BCUT2D eigenvalue weighted by Gasteiger charge is 2.52. The molecule has 0 radical (unpaired) electrons. The van der Waals surface area contributed by atoms with Crippen molar-refractivity contribution >= 4 is 29.9 Å². The molecule has 3 N–H and O–H groups in total. The highest BCUT2D eigenvalue weighted by atomic mass is 16.7. The number of nitrogens with one attached hydrogen (secondary N) is 1. The van der Waals surface area contributed by atoms with Crippen molar-refractivity contribution in [3.8, 4) is 0 Å². The van der Waals surface area contributed by atoms with Gasteiger partial charge in [-0.05, 0) is 39.8 Å². The van der Waals surface area contributed by atoms with Crippen molar-refractivity contribution in [2.24, 2.45) is 0 Å². The van der Waals surface area contributed by atoms with Gasteiger partial charge in [-0.15, -0.1) is 0 Å². The second kappa shape index (κ2) is 4.79. The molecule has 1 aromatic carbocycles. The van der Waals surface area contributed by atoms with Gasteiger partial charge in [0.2, 0.25) is 5.91 Å². The Morgan fingerprint density at radius 2 is 1.75 bits per heavy atom. The lowest BCUT2D eigenvalue weighted by Gasteiger charge is -2.32. The van der Waals surface area contributed by atoms with Gasteiger partial charge in [-0.1, -0.05) is 6.07 Å². The monoisotopic (exact) mass is 276 g/mol. The van der Waals surface area contributed by atoms with E-state index in [0.717, 1.165) is 5.46 Å². The van der Waals surface area contributed by atoms with E-state index < -0.39 is 18.3 Å². The van der Waals surface area contributed by atoms with Gasteiger partial charge in [0.25, 0.3) is 0 Å². The lowest BCUT2D eigenvalue weighted by molar-refractivity contribution is -0.114. The van der Waals surface area contributed by atoms with Crippen LogP contribution in [0.4, 0.5) is 11.4 Å². The fraction of sp³-hybridized carbons (Fsp3) is 0.500. The molecule has 1 aliphatic rings. The van der Waals surface area contributed by atoms with Crippen molar-refractivity contribution in [1.82, 2.24) is 0 Å². The molecular formula is C14H21BN2O3. The summed E-state index contributed by atoms with van der Waals surface area (Å²) in [5.41, 5.74) is 7.21. The Labute approximate surface area is 120 Å². The molecule has 1 saturated heterocycles. The van der Waals surface area contributed by atoms with E-state index >= 15 is 0 Å². The first kappa shape index (κ1) is 14.9. The van der Waals surface area contributed by atoms with Gasteiger partial charge in [-0.3, -0.25) is 4.79 Å². The molecule has 0 atom stereocenters. The molecule has 1 aliphatic heterocycles. The summed E-state index contributed by atoms with van der Waals surface area (Å²) >= 11 is 0. The maximum absolute atomic E-state index is 11.0. The molecule has 1 fully saturated rings. The molecule has 0 aliphatic carbocycles. The second-order valence-corrected chi connectivity index (χ2v) is 6.11. The molecule has 0 spiro atoms. The van der Waals surface area contributed by atoms with Crippen LogP contribution in [0.5, 0.6) is 0 Å². The van der Waals surface area contributed by atoms with Gasteiger partial charge in [0, 0.05) is 23.8 Å². The van der Waals surface area contributed by atoms with E-state index in [1.807, 2.05) is 33.8 Å². The van der Waals surface area contributed by atoms with Gasteiger partial charge in [-0.25, -0.2) is 0 Å². The zero-order valence-corrected chi connectivity index (χ0v) is 12.6. The normalized spacial score (nSPS) is 19.9. The minimum Gasteiger partial charge on any atom is -0.399 e. The van der Waals surface area contributed by atoms with Gasteiger partial charge in [0.05, 0.1) is 11.2 Å². The van der Waals surface area contributed by atoms with Crippen molar-refractivity contribution in [3.63, 3.8) is 0 Å². The van der Waals surface area contributed by atoms with Crippen LogP contribution in [0.1, 0.15) is 34.6 Å². The highest BCUT2D eigenvalue weighted by molar-refractivity contribution is 6.63. The van der Waals surface area contributed by atoms with Crippen molar-refractivity contribution in [3.05, 3.63) is 18.2 Å². The Morgan fingerprint density at radius 1 is 1.20 bits per heavy atom. The van der Waals surface area contributed by atoms with Crippen LogP contribution < -0.4 is 16.5 Å².